The lowest BCUT2D eigenvalue weighted by molar-refractivity contribution is 0.102. The standard InChI is InChI=1S/C15H18ClN3O2/c1-10-14(11(2)19(18-10)7-6-16)15(21)17-13-5-3-4-12(8-13)9-20/h3-5,8,20H,6-7,9H2,1-2H3,(H,17,21). The Kier molecular flexibility index (Phi) is 4.98. The Morgan fingerprint density at radius 2 is 2.19 bits per heavy atom. The molecule has 0 saturated carbocycles. The number of aryl methyl sites for hydroxylation is 2. The second-order valence-corrected chi connectivity index (χ2v) is 5.15. The van der Waals surface area contributed by atoms with E-state index in [2.05, 4.69) is 10.4 Å². The van der Waals surface area contributed by atoms with Gasteiger partial charge < -0.3 is 10.4 Å². The number of carbonyl (C=O) groups excluding carboxylic acids is 1. The maximum absolute atomic E-state index is 12.4. The van der Waals surface area contributed by atoms with E-state index < -0.39 is 0 Å². The van der Waals surface area contributed by atoms with Gasteiger partial charge in [-0.2, -0.15) is 5.10 Å². The van der Waals surface area contributed by atoms with Crippen molar-refractivity contribution in [1.29, 1.82) is 0 Å². The average Bonchev–Trinajstić information content (AvgIpc) is 2.74. The molecule has 0 aliphatic rings. The number of hydrogen-bond donors (Lipinski definition) is 2. The van der Waals surface area contributed by atoms with Crippen molar-refractivity contribution in [2.45, 2.75) is 27.0 Å². The third-order valence-electron chi connectivity index (χ3n) is 3.27. The fraction of sp³-hybridized carbons (Fsp3) is 0.333. The average molecular weight is 308 g/mol. The topological polar surface area (TPSA) is 67.2 Å². The molecular weight excluding hydrogens is 290 g/mol. The molecule has 0 spiro atoms. The number of halogens is 1. The molecule has 2 N–H and O–H groups in total. The number of nitrogens with zero attached hydrogens (tertiary/aromatic N) is 2. The fourth-order valence-corrected chi connectivity index (χ4v) is 2.42. The molecule has 112 valence electrons. The summed E-state index contributed by atoms with van der Waals surface area (Å²) in [5, 5.41) is 16.3. The molecule has 1 heterocycles. The van der Waals surface area contributed by atoms with Gasteiger partial charge in [0.05, 0.1) is 24.4 Å². The Balaban J connectivity index is 2.24. The SMILES string of the molecule is Cc1nn(CCCl)c(C)c1C(=O)Nc1cccc(CO)c1. The molecule has 0 aliphatic carbocycles. The summed E-state index contributed by atoms with van der Waals surface area (Å²) in [6, 6.07) is 7.11. The molecule has 0 radical (unpaired) electrons. The van der Waals surface area contributed by atoms with Crippen LogP contribution in [0.5, 0.6) is 0 Å². The lowest BCUT2D eigenvalue weighted by Gasteiger charge is -2.07. The van der Waals surface area contributed by atoms with Crippen LogP contribution >= 0.6 is 11.6 Å². The molecule has 0 aliphatic heterocycles. The van der Waals surface area contributed by atoms with Gasteiger partial charge in [-0.05, 0) is 31.5 Å². The van der Waals surface area contributed by atoms with Gasteiger partial charge in [0.25, 0.3) is 5.91 Å². The Morgan fingerprint density at radius 1 is 1.43 bits per heavy atom. The van der Waals surface area contributed by atoms with E-state index in [4.69, 9.17) is 16.7 Å². The zero-order valence-electron chi connectivity index (χ0n) is 12.1. The van der Waals surface area contributed by atoms with Crippen LogP contribution in [0.2, 0.25) is 0 Å². The maximum Gasteiger partial charge on any atom is 0.259 e. The van der Waals surface area contributed by atoms with Crippen LogP contribution in [0.4, 0.5) is 5.69 Å². The van der Waals surface area contributed by atoms with E-state index in [9.17, 15) is 4.79 Å². The van der Waals surface area contributed by atoms with E-state index in [-0.39, 0.29) is 12.5 Å². The molecule has 2 aromatic rings. The van der Waals surface area contributed by atoms with Gasteiger partial charge >= 0.3 is 0 Å². The van der Waals surface area contributed by atoms with Gasteiger partial charge in [-0.15, -0.1) is 11.6 Å². The largest absolute Gasteiger partial charge is 0.392 e. The van der Waals surface area contributed by atoms with Crippen molar-refractivity contribution in [2.75, 3.05) is 11.2 Å². The smallest absolute Gasteiger partial charge is 0.259 e. The van der Waals surface area contributed by atoms with Crippen molar-refractivity contribution in [2.24, 2.45) is 0 Å². The second kappa shape index (κ2) is 6.74. The highest BCUT2D eigenvalue weighted by molar-refractivity contribution is 6.17. The quantitative estimate of drug-likeness (QED) is 0.834. The lowest BCUT2D eigenvalue weighted by Crippen LogP contribution is -2.14. The molecule has 2 rings (SSSR count). The van der Waals surface area contributed by atoms with E-state index in [1.54, 1.807) is 35.9 Å². The van der Waals surface area contributed by atoms with Crippen molar-refractivity contribution < 1.29 is 9.90 Å². The van der Waals surface area contributed by atoms with Crippen molar-refractivity contribution in [3.05, 3.63) is 46.8 Å². The predicted molar refractivity (Wildman–Crippen MR) is 82.7 cm³/mol. The minimum Gasteiger partial charge on any atom is -0.392 e. The second-order valence-electron chi connectivity index (χ2n) is 4.77. The predicted octanol–water partition coefficient (Wildman–Crippen LogP) is 2.48. The first-order valence-corrected chi connectivity index (χ1v) is 7.21. The minimum absolute atomic E-state index is 0.0601. The number of aromatic nitrogens is 2. The third-order valence-corrected chi connectivity index (χ3v) is 3.44. The molecule has 0 saturated heterocycles. The number of nitrogens with one attached hydrogen (secondary N) is 1. The van der Waals surface area contributed by atoms with Gasteiger partial charge in [-0.25, -0.2) is 0 Å². The number of anilines is 1. The summed E-state index contributed by atoms with van der Waals surface area (Å²) < 4.78 is 1.74. The lowest BCUT2D eigenvalue weighted by atomic mass is 10.1. The molecule has 0 unspecified atom stereocenters. The molecule has 1 aromatic carbocycles. The molecular formula is C15H18ClN3O2. The van der Waals surface area contributed by atoms with E-state index in [0.29, 0.717) is 29.4 Å². The zero-order valence-corrected chi connectivity index (χ0v) is 12.8. The number of alkyl halides is 1. The minimum atomic E-state index is -0.207. The highest BCUT2D eigenvalue weighted by Gasteiger charge is 2.18. The maximum atomic E-state index is 12.4. The third kappa shape index (κ3) is 3.43. The van der Waals surface area contributed by atoms with Crippen LogP contribution < -0.4 is 5.32 Å². The van der Waals surface area contributed by atoms with Crippen LogP contribution in [0.25, 0.3) is 0 Å². The summed E-state index contributed by atoms with van der Waals surface area (Å²) in [4.78, 5) is 12.4. The van der Waals surface area contributed by atoms with Crippen LogP contribution in [-0.4, -0.2) is 26.7 Å². The molecule has 6 heteroatoms. The van der Waals surface area contributed by atoms with Crippen molar-refractivity contribution in [1.82, 2.24) is 9.78 Å². The monoisotopic (exact) mass is 307 g/mol. The number of hydrogen-bond acceptors (Lipinski definition) is 3. The van der Waals surface area contributed by atoms with E-state index in [1.165, 1.54) is 0 Å². The summed E-state index contributed by atoms with van der Waals surface area (Å²) in [6.07, 6.45) is 0. The molecule has 1 aromatic heterocycles. The van der Waals surface area contributed by atoms with Gasteiger partial charge in [-0.3, -0.25) is 9.48 Å². The van der Waals surface area contributed by atoms with Gasteiger partial charge in [0.2, 0.25) is 0 Å². The summed E-state index contributed by atoms with van der Waals surface area (Å²) >= 11 is 5.73. The normalized spacial score (nSPS) is 10.7. The highest BCUT2D eigenvalue weighted by atomic mass is 35.5. The van der Waals surface area contributed by atoms with Gasteiger partial charge in [0.1, 0.15) is 0 Å². The summed E-state index contributed by atoms with van der Waals surface area (Å²) in [6.45, 7) is 4.17. The Hall–Kier alpha value is -1.85. The number of aliphatic hydroxyl groups excluding tert-OH is 1. The molecule has 1 amide bonds. The van der Waals surface area contributed by atoms with E-state index >= 15 is 0 Å². The Morgan fingerprint density at radius 3 is 2.86 bits per heavy atom. The van der Waals surface area contributed by atoms with Gasteiger partial charge in [0.15, 0.2) is 0 Å². The first kappa shape index (κ1) is 15.5. The van der Waals surface area contributed by atoms with Crippen molar-refractivity contribution >= 4 is 23.2 Å². The Bertz CT molecular complexity index is 652. The number of amides is 1. The van der Waals surface area contributed by atoms with Crippen molar-refractivity contribution in [3.63, 3.8) is 0 Å². The van der Waals surface area contributed by atoms with Crippen LogP contribution in [0.3, 0.4) is 0 Å². The van der Waals surface area contributed by atoms with Crippen LogP contribution in [0.15, 0.2) is 24.3 Å². The van der Waals surface area contributed by atoms with E-state index in [1.807, 2.05) is 6.92 Å². The summed E-state index contributed by atoms with van der Waals surface area (Å²) in [5.41, 5.74) is 3.43. The van der Waals surface area contributed by atoms with Crippen LogP contribution in [-0.2, 0) is 13.2 Å². The summed E-state index contributed by atoms with van der Waals surface area (Å²) in [7, 11) is 0. The van der Waals surface area contributed by atoms with E-state index in [0.717, 1.165) is 11.3 Å². The number of benzene rings is 1. The Labute approximate surface area is 128 Å². The molecule has 5 nitrogen and oxygen atoms in total. The number of aliphatic hydroxyl groups is 1. The highest BCUT2D eigenvalue weighted by Crippen LogP contribution is 2.17. The number of carbonyl (C=O) groups is 1. The fourth-order valence-electron chi connectivity index (χ4n) is 2.26. The molecule has 0 fully saturated rings. The number of rotatable bonds is 5. The van der Waals surface area contributed by atoms with Crippen LogP contribution in [0, 0.1) is 13.8 Å². The first-order chi connectivity index (χ1) is 10.1. The molecule has 0 atom stereocenters. The zero-order chi connectivity index (χ0) is 15.4. The van der Waals surface area contributed by atoms with Gasteiger partial charge in [-0.1, -0.05) is 12.1 Å². The van der Waals surface area contributed by atoms with Crippen molar-refractivity contribution in [3.8, 4) is 0 Å². The summed E-state index contributed by atoms with van der Waals surface area (Å²) in [5.74, 6) is 0.239. The molecule has 0 bridgehead atoms. The van der Waals surface area contributed by atoms with Crippen LogP contribution in [0.1, 0.15) is 27.3 Å². The van der Waals surface area contributed by atoms with Gasteiger partial charge in [0, 0.05) is 17.3 Å². The molecule has 21 heavy (non-hydrogen) atoms. The first-order valence-electron chi connectivity index (χ1n) is 6.68.